The van der Waals surface area contributed by atoms with Crippen LogP contribution in [0, 0.1) is 6.92 Å². The molecule has 3 aromatic rings. The molecule has 108 valence electrons. The zero-order valence-corrected chi connectivity index (χ0v) is 12.2. The molecule has 0 spiro atoms. The summed E-state index contributed by atoms with van der Waals surface area (Å²) in [4.78, 5) is 4.44. The third-order valence-electron chi connectivity index (χ3n) is 3.15. The summed E-state index contributed by atoms with van der Waals surface area (Å²) in [5, 5.41) is 0. The number of rotatable bonds is 3. The summed E-state index contributed by atoms with van der Waals surface area (Å²) in [7, 11) is -3.48. The lowest BCUT2D eigenvalue weighted by Crippen LogP contribution is -2.05. The molecule has 0 bridgehead atoms. The van der Waals surface area contributed by atoms with Gasteiger partial charge in [0.1, 0.15) is 11.3 Å². The molecule has 0 fully saturated rings. The summed E-state index contributed by atoms with van der Waals surface area (Å²) in [6.45, 7) is 1.90. The standard InChI is InChI=1S/C15H14N2O3S/c1-10-2-5-12(6-3-10)21(18,19)9-15-17-13-8-11(16)4-7-14(13)20-15/h2-8H,9,16H2,1H3. The quantitative estimate of drug-likeness (QED) is 0.752. The minimum atomic E-state index is -3.48. The lowest BCUT2D eigenvalue weighted by atomic mass is 10.2. The third kappa shape index (κ3) is 2.75. The first-order valence-corrected chi connectivity index (χ1v) is 8.04. The van der Waals surface area contributed by atoms with Crippen molar-refractivity contribution < 1.29 is 12.8 Å². The molecule has 0 saturated carbocycles. The van der Waals surface area contributed by atoms with E-state index in [-0.39, 0.29) is 16.5 Å². The van der Waals surface area contributed by atoms with Gasteiger partial charge in [0.25, 0.3) is 0 Å². The first-order chi connectivity index (χ1) is 9.94. The molecule has 21 heavy (non-hydrogen) atoms. The lowest BCUT2D eigenvalue weighted by molar-refractivity contribution is 0.540. The van der Waals surface area contributed by atoms with Crippen LogP contribution in [-0.4, -0.2) is 13.4 Å². The minimum Gasteiger partial charge on any atom is -0.440 e. The van der Waals surface area contributed by atoms with Crippen LogP contribution in [-0.2, 0) is 15.6 Å². The predicted molar refractivity (Wildman–Crippen MR) is 80.5 cm³/mol. The Morgan fingerprint density at radius 3 is 2.57 bits per heavy atom. The second-order valence-corrected chi connectivity index (χ2v) is 6.90. The van der Waals surface area contributed by atoms with Crippen LogP contribution in [0.2, 0.25) is 0 Å². The van der Waals surface area contributed by atoms with Crippen molar-refractivity contribution in [2.75, 3.05) is 5.73 Å². The fourth-order valence-electron chi connectivity index (χ4n) is 2.05. The molecule has 0 aliphatic rings. The van der Waals surface area contributed by atoms with Crippen LogP contribution in [0.15, 0.2) is 51.8 Å². The minimum absolute atomic E-state index is 0.163. The first kappa shape index (κ1) is 13.6. The number of nitrogens with zero attached hydrogens (tertiary/aromatic N) is 1. The summed E-state index contributed by atoms with van der Waals surface area (Å²) >= 11 is 0. The van der Waals surface area contributed by atoms with Gasteiger partial charge in [0.15, 0.2) is 15.4 Å². The average Bonchev–Trinajstić information content (AvgIpc) is 2.79. The van der Waals surface area contributed by atoms with Crippen molar-refractivity contribution in [1.82, 2.24) is 4.98 Å². The number of nitrogens with two attached hydrogens (primary N) is 1. The fraction of sp³-hybridized carbons (Fsp3) is 0.133. The van der Waals surface area contributed by atoms with Crippen molar-refractivity contribution in [3.63, 3.8) is 0 Å². The average molecular weight is 302 g/mol. The van der Waals surface area contributed by atoms with E-state index in [0.29, 0.717) is 16.8 Å². The Morgan fingerprint density at radius 2 is 1.86 bits per heavy atom. The summed E-state index contributed by atoms with van der Waals surface area (Å²) in [5.41, 5.74) is 8.32. The van der Waals surface area contributed by atoms with Crippen LogP contribution >= 0.6 is 0 Å². The van der Waals surface area contributed by atoms with Gasteiger partial charge in [-0.1, -0.05) is 17.7 Å². The van der Waals surface area contributed by atoms with Crippen LogP contribution in [0.4, 0.5) is 5.69 Å². The van der Waals surface area contributed by atoms with E-state index in [4.69, 9.17) is 10.2 Å². The molecule has 5 nitrogen and oxygen atoms in total. The Labute approximate surface area is 122 Å². The van der Waals surface area contributed by atoms with Crippen LogP contribution in [0.25, 0.3) is 11.1 Å². The molecule has 0 unspecified atom stereocenters. The van der Waals surface area contributed by atoms with Gasteiger partial charge >= 0.3 is 0 Å². The smallest absolute Gasteiger partial charge is 0.211 e. The number of fused-ring (bicyclic) bond motifs is 1. The number of oxazole rings is 1. The van der Waals surface area contributed by atoms with E-state index in [1.54, 1.807) is 42.5 Å². The fourth-order valence-corrected chi connectivity index (χ4v) is 3.21. The molecular formula is C15H14N2O3S. The molecule has 0 radical (unpaired) electrons. The normalized spacial score (nSPS) is 11.9. The van der Waals surface area contributed by atoms with Crippen LogP contribution < -0.4 is 5.73 Å². The molecule has 2 aromatic carbocycles. The van der Waals surface area contributed by atoms with E-state index in [0.717, 1.165) is 5.56 Å². The first-order valence-electron chi connectivity index (χ1n) is 6.38. The van der Waals surface area contributed by atoms with Gasteiger partial charge in [0.05, 0.1) is 4.90 Å². The van der Waals surface area contributed by atoms with Gasteiger partial charge in [-0.25, -0.2) is 13.4 Å². The highest BCUT2D eigenvalue weighted by Crippen LogP contribution is 2.22. The van der Waals surface area contributed by atoms with Crippen molar-refractivity contribution in [3.8, 4) is 0 Å². The molecule has 2 N–H and O–H groups in total. The maximum Gasteiger partial charge on any atom is 0.211 e. The maximum absolute atomic E-state index is 12.3. The van der Waals surface area contributed by atoms with Crippen molar-refractivity contribution in [3.05, 3.63) is 53.9 Å². The van der Waals surface area contributed by atoms with Crippen molar-refractivity contribution >= 4 is 26.6 Å². The van der Waals surface area contributed by atoms with Gasteiger partial charge in [-0.05, 0) is 37.3 Å². The number of sulfone groups is 1. The molecule has 1 aromatic heterocycles. The largest absolute Gasteiger partial charge is 0.440 e. The Kier molecular flexibility index (Phi) is 3.17. The topological polar surface area (TPSA) is 86.2 Å². The summed E-state index contributed by atoms with van der Waals surface area (Å²) in [6, 6.07) is 11.7. The molecule has 6 heteroatoms. The highest BCUT2D eigenvalue weighted by molar-refractivity contribution is 7.90. The summed E-state index contributed by atoms with van der Waals surface area (Å²) in [6.07, 6.45) is 0. The Morgan fingerprint density at radius 1 is 1.14 bits per heavy atom. The van der Waals surface area contributed by atoms with E-state index >= 15 is 0 Å². The van der Waals surface area contributed by atoms with Gasteiger partial charge in [-0.15, -0.1) is 0 Å². The monoisotopic (exact) mass is 302 g/mol. The Bertz CT molecular complexity index is 896. The van der Waals surface area contributed by atoms with Gasteiger partial charge in [-0.3, -0.25) is 0 Å². The van der Waals surface area contributed by atoms with Gasteiger partial charge in [0.2, 0.25) is 5.89 Å². The maximum atomic E-state index is 12.3. The number of anilines is 1. The molecule has 3 rings (SSSR count). The Balaban J connectivity index is 1.95. The second kappa shape index (κ2) is 4.89. The highest BCUT2D eigenvalue weighted by Gasteiger charge is 2.19. The Hall–Kier alpha value is -2.34. The molecule has 0 aliphatic heterocycles. The second-order valence-electron chi connectivity index (χ2n) is 4.91. The van der Waals surface area contributed by atoms with E-state index in [2.05, 4.69) is 4.98 Å². The zero-order valence-electron chi connectivity index (χ0n) is 11.4. The van der Waals surface area contributed by atoms with Crippen molar-refractivity contribution in [1.29, 1.82) is 0 Å². The number of aryl methyl sites for hydroxylation is 1. The van der Waals surface area contributed by atoms with Crippen LogP contribution in [0.1, 0.15) is 11.5 Å². The lowest BCUT2D eigenvalue weighted by Gasteiger charge is -2.02. The molecule has 1 heterocycles. The molecular weight excluding hydrogens is 288 g/mol. The predicted octanol–water partition coefficient (Wildman–Crippen LogP) is 2.69. The SMILES string of the molecule is Cc1ccc(S(=O)(=O)Cc2nc3cc(N)ccc3o2)cc1. The van der Waals surface area contributed by atoms with Crippen molar-refractivity contribution in [2.24, 2.45) is 0 Å². The van der Waals surface area contributed by atoms with Crippen LogP contribution in [0.3, 0.4) is 0 Å². The van der Waals surface area contributed by atoms with E-state index in [1.807, 2.05) is 6.92 Å². The van der Waals surface area contributed by atoms with Gasteiger partial charge in [-0.2, -0.15) is 0 Å². The number of aromatic nitrogens is 1. The molecule has 0 saturated heterocycles. The summed E-state index contributed by atoms with van der Waals surface area (Å²) in [5.74, 6) is -0.110. The number of hydrogen-bond acceptors (Lipinski definition) is 5. The van der Waals surface area contributed by atoms with Gasteiger partial charge in [0, 0.05) is 5.69 Å². The number of nitrogen functional groups attached to an aromatic ring is 1. The summed E-state index contributed by atoms with van der Waals surface area (Å²) < 4.78 is 30.1. The van der Waals surface area contributed by atoms with E-state index in [1.165, 1.54) is 0 Å². The number of benzene rings is 2. The highest BCUT2D eigenvalue weighted by atomic mass is 32.2. The molecule has 0 aliphatic carbocycles. The van der Waals surface area contributed by atoms with Crippen LogP contribution in [0.5, 0.6) is 0 Å². The molecule has 0 amide bonds. The van der Waals surface area contributed by atoms with E-state index < -0.39 is 9.84 Å². The third-order valence-corrected chi connectivity index (χ3v) is 4.77. The number of hydrogen-bond donors (Lipinski definition) is 1. The van der Waals surface area contributed by atoms with Crippen molar-refractivity contribution in [2.45, 2.75) is 17.6 Å². The van der Waals surface area contributed by atoms with E-state index in [9.17, 15) is 8.42 Å². The van der Waals surface area contributed by atoms with Gasteiger partial charge < -0.3 is 10.2 Å². The zero-order chi connectivity index (χ0) is 15.0. The molecule has 0 atom stereocenters.